The minimum atomic E-state index is -0.631. The van der Waals surface area contributed by atoms with Gasteiger partial charge in [0.2, 0.25) is 0 Å². The van der Waals surface area contributed by atoms with Crippen molar-refractivity contribution in [3.8, 4) is 17.0 Å². The molecule has 0 fully saturated rings. The van der Waals surface area contributed by atoms with E-state index in [1.807, 2.05) is 82.3 Å². The Balaban J connectivity index is 1.75. The summed E-state index contributed by atoms with van der Waals surface area (Å²) in [5, 5.41) is 5.30. The molecule has 0 spiro atoms. The first kappa shape index (κ1) is 27.5. The number of aromatic nitrogens is 4. The summed E-state index contributed by atoms with van der Waals surface area (Å²) in [4.78, 5) is 20.5. The number of carbonyl (C=O) groups excluding carboxylic acids is 1. The van der Waals surface area contributed by atoms with Crippen molar-refractivity contribution in [3.05, 3.63) is 107 Å². The fourth-order valence-corrected chi connectivity index (χ4v) is 4.88. The van der Waals surface area contributed by atoms with Crippen LogP contribution in [-0.2, 0) is 9.53 Å². The van der Waals surface area contributed by atoms with Crippen LogP contribution in [0, 0.1) is 12.7 Å². The van der Waals surface area contributed by atoms with Crippen molar-refractivity contribution >= 4 is 28.9 Å². The molecule has 2 aromatic heterocycles. The number of fused-ring (bicyclic) bond motifs is 1. The van der Waals surface area contributed by atoms with Crippen molar-refractivity contribution in [2.24, 2.45) is 0 Å². The number of nitrogens with two attached hydrogens (primary N) is 1. The van der Waals surface area contributed by atoms with Gasteiger partial charge in [0.15, 0.2) is 17.2 Å². The molecule has 1 atom stereocenters. The van der Waals surface area contributed by atoms with E-state index in [0.29, 0.717) is 34.5 Å². The summed E-state index contributed by atoms with van der Waals surface area (Å²) in [5.41, 5.74) is 11.1. The monoisotopic (exact) mass is 551 g/mol. The van der Waals surface area contributed by atoms with Gasteiger partial charge < -0.3 is 15.2 Å². The Labute approximate surface area is 237 Å². The van der Waals surface area contributed by atoms with E-state index in [1.54, 1.807) is 16.8 Å². The van der Waals surface area contributed by atoms with Crippen LogP contribution in [-0.4, -0.2) is 32.3 Å². The molecule has 8 nitrogen and oxygen atoms in total. The van der Waals surface area contributed by atoms with Crippen LogP contribution in [0.25, 0.3) is 27.9 Å². The highest BCUT2D eigenvalue weighted by Crippen LogP contribution is 2.38. The molecule has 2 heterocycles. The Hall–Kier alpha value is -5.05. The molecular formula is C32H30FN5O3. The lowest BCUT2D eigenvalue weighted by molar-refractivity contribution is -0.125. The standard InChI is InChI=1S/C32H30FN5O3/c1-19(2)41-26-15-14-23(16-25(26)33)29-28-31(34)35-17-36-32(28)38(37-29)21(4)30(40-18-39)27(22-11-6-5-7-12-22)24-13-9-8-10-20(24)3/h5-19,21H,1-4H3,(H2,34,35,36)/b30-27-. The molecule has 41 heavy (non-hydrogen) atoms. The SMILES string of the molecule is Cc1ccccc1/C(=C(\OC=O)C(C)n1nc(-c2ccc(OC(C)C)c(F)c2)c2c(N)ncnc21)c1ccccc1. The fraction of sp³-hybridized carbons (Fsp3) is 0.188. The summed E-state index contributed by atoms with van der Waals surface area (Å²) >= 11 is 0. The summed E-state index contributed by atoms with van der Waals surface area (Å²) in [7, 11) is 0. The number of rotatable bonds is 9. The number of anilines is 1. The minimum absolute atomic E-state index is 0.139. The largest absolute Gasteiger partial charge is 0.488 e. The zero-order valence-electron chi connectivity index (χ0n) is 23.2. The summed E-state index contributed by atoms with van der Waals surface area (Å²) in [5.74, 6) is 0.162. The second kappa shape index (κ2) is 11.6. The lowest BCUT2D eigenvalue weighted by atomic mass is 9.91. The zero-order chi connectivity index (χ0) is 29.1. The molecule has 2 N–H and O–H groups in total. The Morgan fingerprint density at radius 1 is 1.00 bits per heavy atom. The van der Waals surface area contributed by atoms with Crippen LogP contribution in [0.2, 0.25) is 0 Å². The number of halogens is 1. The maximum absolute atomic E-state index is 15.0. The lowest BCUT2D eigenvalue weighted by Gasteiger charge is -2.21. The molecular weight excluding hydrogens is 521 g/mol. The van der Waals surface area contributed by atoms with Gasteiger partial charge in [0.05, 0.1) is 11.5 Å². The first-order chi connectivity index (χ1) is 19.8. The van der Waals surface area contributed by atoms with Gasteiger partial charge in [0.1, 0.15) is 29.6 Å². The first-order valence-corrected chi connectivity index (χ1v) is 13.2. The van der Waals surface area contributed by atoms with Gasteiger partial charge in [-0.1, -0.05) is 54.6 Å². The van der Waals surface area contributed by atoms with Gasteiger partial charge in [0.25, 0.3) is 6.47 Å². The Bertz CT molecular complexity index is 1750. The van der Waals surface area contributed by atoms with Crippen LogP contribution in [0.4, 0.5) is 10.2 Å². The molecule has 5 aromatic rings. The number of allylic oxidation sites excluding steroid dienone is 1. The Morgan fingerprint density at radius 2 is 1.73 bits per heavy atom. The molecule has 0 amide bonds. The molecule has 0 saturated carbocycles. The molecule has 0 saturated heterocycles. The van der Waals surface area contributed by atoms with E-state index in [4.69, 9.17) is 20.3 Å². The predicted molar refractivity (Wildman–Crippen MR) is 156 cm³/mol. The molecule has 0 radical (unpaired) electrons. The van der Waals surface area contributed by atoms with Crippen LogP contribution in [0.5, 0.6) is 5.75 Å². The second-order valence-electron chi connectivity index (χ2n) is 9.87. The van der Waals surface area contributed by atoms with E-state index < -0.39 is 11.9 Å². The van der Waals surface area contributed by atoms with Crippen molar-refractivity contribution in [2.75, 3.05) is 5.73 Å². The smallest absolute Gasteiger partial charge is 0.298 e. The van der Waals surface area contributed by atoms with Gasteiger partial charge in [-0.3, -0.25) is 4.79 Å². The van der Waals surface area contributed by atoms with E-state index in [2.05, 4.69) is 9.97 Å². The molecule has 9 heteroatoms. The van der Waals surface area contributed by atoms with Crippen LogP contribution in [0.15, 0.2) is 84.9 Å². The fourth-order valence-electron chi connectivity index (χ4n) is 4.88. The molecule has 1 unspecified atom stereocenters. The molecule has 0 aliphatic rings. The van der Waals surface area contributed by atoms with E-state index in [0.717, 1.165) is 22.3 Å². The third-order valence-corrected chi connectivity index (χ3v) is 6.73. The van der Waals surface area contributed by atoms with E-state index in [-0.39, 0.29) is 17.7 Å². The normalized spacial score (nSPS) is 12.7. The molecule has 3 aromatic carbocycles. The molecule has 0 bridgehead atoms. The summed E-state index contributed by atoms with van der Waals surface area (Å²) < 4.78 is 27.9. The van der Waals surface area contributed by atoms with Crippen LogP contribution in [0.1, 0.15) is 43.5 Å². The van der Waals surface area contributed by atoms with Gasteiger partial charge in [-0.2, -0.15) is 5.10 Å². The van der Waals surface area contributed by atoms with E-state index in [9.17, 15) is 4.79 Å². The average Bonchev–Trinajstić information content (AvgIpc) is 3.36. The number of nitrogen functional groups attached to an aromatic ring is 1. The minimum Gasteiger partial charge on any atom is -0.488 e. The van der Waals surface area contributed by atoms with Gasteiger partial charge in [0, 0.05) is 11.1 Å². The lowest BCUT2D eigenvalue weighted by Crippen LogP contribution is -2.15. The summed E-state index contributed by atoms with van der Waals surface area (Å²) in [6.07, 6.45) is 1.16. The van der Waals surface area contributed by atoms with Gasteiger partial charge in [-0.25, -0.2) is 19.0 Å². The average molecular weight is 552 g/mol. The van der Waals surface area contributed by atoms with Gasteiger partial charge in [-0.05, 0) is 62.6 Å². The van der Waals surface area contributed by atoms with Crippen molar-refractivity contribution in [3.63, 3.8) is 0 Å². The van der Waals surface area contributed by atoms with Crippen LogP contribution >= 0.6 is 0 Å². The third kappa shape index (κ3) is 5.38. The number of hydrogen-bond acceptors (Lipinski definition) is 7. The van der Waals surface area contributed by atoms with Crippen molar-refractivity contribution in [2.45, 2.75) is 39.8 Å². The highest BCUT2D eigenvalue weighted by Gasteiger charge is 2.27. The number of ether oxygens (including phenoxy) is 2. The van der Waals surface area contributed by atoms with Crippen LogP contribution in [0.3, 0.4) is 0 Å². The Morgan fingerprint density at radius 3 is 2.41 bits per heavy atom. The topological polar surface area (TPSA) is 105 Å². The zero-order valence-corrected chi connectivity index (χ0v) is 23.2. The second-order valence-corrected chi connectivity index (χ2v) is 9.87. The molecule has 5 rings (SSSR count). The third-order valence-electron chi connectivity index (χ3n) is 6.73. The number of carbonyl (C=O) groups is 1. The van der Waals surface area contributed by atoms with Crippen molar-refractivity contribution in [1.82, 2.24) is 19.7 Å². The van der Waals surface area contributed by atoms with Crippen molar-refractivity contribution < 1.29 is 18.7 Å². The number of nitrogens with zero attached hydrogens (tertiary/aromatic N) is 4. The number of hydrogen-bond donors (Lipinski definition) is 1. The maximum Gasteiger partial charge on any atom is 0.298 e. The molecule has 208 valence electrons. The van der Waals surface area contributed by atoms with Gasteiger partial charge in [-0.15, -0.1) is 0 Å². The highest BCUT2D eigenvalue weighted by molar-refractivity contribution is 5.98. The maximum atomic E-state index is 15.0. The summed E-state index contributed by atoms with van der Waals surface area (Å²) in [6, 6.07) is 21.5. The summed E-state index contributed by atoms with van der Waals surface area (Å²) in [6.45, 7) is 7.92. The Kier molecular flexibility index (Phi) is 7.78. The van der Waals surface area contributed by atoms with Crippen molar-refractivity contribution in [1.29, 1.82) is 0 Å². The van der Waals surface area contributed by atoms with Gasteiger partial charge >= 0.3 is 0 Å². The van der Waals surface area contributed by atoms with E-state index in [1.165, 1.54) is 12.4 Å². The number of aryl methyl sites for hydroxylation is 1. The predicted octanol–water partition coefficient (Wildman–Crippen LogP) is 6.50. The van der Waals surface area contributed by atoms with E-state index >= 15 is 4.39 Å². The quantitative estimate of drug-likeness (QED) is 0.165. The first-order valence-electron chi connectivity index (χ1n) is 13.2. The molecule has 0 aliphatic carbocycles. The number of benzene rings is 3. The molecule has 0 aliphatic heterocycles. The van der Waals surface area contributed by atoms with Crippen LogP contribution < -0.4 is 10.5 Å². The highest BCUT2D eigenvalue weighted by atomic mass is 19.1.